The lowest BCUT2D eigenvalue weighted by atomic mass is 10.0. The third-order valence-corrected chi connectivity index (χ3v) is 3.26. The van der Waals surface area contributed by atoms with Crippen molar-refractivity contribution >= 4 is 5.90 Å². The van der Waals surface area contributed by atoms with Crippen molar-refractivity contribution in [2.24, 2.45) is 4.99 Å². The van der Waals surface area contributed by atoms with Gasteiger partial charge in [-0.15, -0.1) is 0 Å². The molecule has 3 unspecified atom stereocenters. The highest BCUT2D eigenvalue weighted by atomic mass is 19.4. The number of hydrogen-bond acceptors (Lipinski definition) is 5. The molecule has 0 amide bonds. The lowest BCUT2D eigenvalue weighted by molar-refractivity contribution is -0.137. The average molecular weight is 371 g/mol. The van der Waals surface area contributed by atoms with Crippen LogP contribution in [0.15, 0.2) is 29.3 Å². The number of hydrogen-bond donors (Lipinski definition) is 3. The van der Waals surface area contributed by atoms with Crippen molar-refractivity contribution in [1.29, 1.82) is 0 Å². The predicted molar refractivity (Wildman–Crippen MR) is 78.2 cm³/mol. The van der Waals surface area contributed by atoms with Crippen LogP contribution in [0.2, 0.25) is 0 Å². The maximum Gasteiger partial charge on any atom is 0.416 e. The second kappa shape index (κ2) is 9.07. The van der Waals surface area contributed by atoms with Gasteiger partial charge in [0, 0.05) is 25.5 Å². The second-order valence-electron chi connectivity index (χ2n) is 5.11. The molecule has 0 bridgehead atoms. The topological polar surface area (TPSA) is 82.3 Å². The molecule has 0 fully saturated rings. The van der Waals surface area contributed by atoms with E-state index in [0.29, 0.717) is 0 Å². The Labute approximate surface area is 140 Å². The second-order valence-corrected chi connectivity index (χ2v) is 5.11. The summed E-state index contributed by atoms with van der Waals surface area (Å²) < 4.78 is 67.8. The van der Waals surface area contributed by atoms with E-state index < -0.39 is 43.0 Å². The molecule has 5 nitrogen and oxygen atoms in total. The highest BCUT2D eigenvalue weighted by molar-refractivity contribution is 5.94. The normalized spacial score (nSPS) is 21.8. The highest BCUT2D eigenvalue weighted by Crippen LogP contribution is 2.30. The lowest BCUT2D eigenvalue weighted by Gasteiger charge is -2.27. The monoisotopic (exact) mass is 371 g/mol. The molecule has 1 aromatic carbocycles. The maximum absolute atomic E-state index is 12.7. The molecule has 0 saturated carbocycles. The molecule has 3 atom stereocenters. The van der Waals surface area contributed by atoms with Crippen LogP contribution in [0.25, 0.3) is 0 Å². The molecule has 0 spiro atoms. The first-order valence-electron chi connectivity index (χ1n) is 7.18. The van der Waals surface area contributed by atoms with Gasteiger partial charge >= 0.3 is 6.18 Å². The van der Waals surface area contributed by atoms with Gasteiger partial charge in [-0.05, 0) is 18.2 Å². The average Bonchev–Trinajstić information content (AvgIpc) is 2.55. The van der Waals surface area contributed by atoms with Crippen LogP contribution in [0.1, 0.15) is 24.0 Å². The smallest absolute Gasteiger partial charge is 0.416 e. The number of alkyl halides is 5. The van der Waals surface area contributed by atoms with Crippen LogP contribution in [0.3, 0.4) is 0 Å². The van der Waals surface area contributed by atoms with Gasteiger partial charge in [0.05, 0.1) is 11.6 Å². The number of halogens is 5. The Balaban J connectivity index is 0.00000151. The molecule has 25 heavy (non-hydrogen) atoms. The summed E-state index contributed by atoms with van der Waals surface area (Å²) in [4.78, 5) is 3.92. The number of aliphatic hydroxyl groups excluding tert-OH is 3. The Morgan fingerprint density at radius 2 is 1.92 bits per heavy atom. The minimum atomic E-state index is -4.56. The molecule has 0 radical (unpaired) electrons. The quantitative estimate of drug-likeness (QED) is 0.709. The van der Waals surface area contributed by atoms with Crippen molar-refractivity contribution < 1.29 is 42.0 Å². The Morgan fingerprint density at radius 1 is 1.28 bits per heavy atom. The minimum absolute atomic E-state index is 0.0323. The lowest BCUT2D eigenvalue weighted by Crippen LogP contribution is -2.33. The predicted octanol–water partition coefficient (Wildman–Crippen LogP) is 2.18. The SMILES string of the molecule is CO.OC1CC(CC(O)C(F)F)N=C(c2cccc(C(F)(F)F)c2)O1. The van der Waals surface area contributed by atoms with Crippen LogP contribution in [0.4, 0.5) is 22.0 Å². The summed E-state index contributed by atoms with van der Waals surface area (Å²) >= 11 is 0. The van der Waals surface area contributed by atoms with E-state index in [2.05, 4.69) is 4.99 Å². The van der Waals surface area contributed by atoms with Crippen LogP contribution in [-0.4, -0.2) is 53.2 Å². The van der Waals surface area contributed by atoms with Crippen LogP contribution in [0.5, 0.6) is 0 Å². The third-order valence-electron chi connectivity index (χ3n) is 3.26. The van der Waals surface area contributed by atoms with Crippen LogP contribution >= 0.6 is 0 Å². The molecule has 10 heteroatoms. The van der Waals surface area contributed by atoms with E-state index in [1.54, 1.807) is 0 Å². The summed E-state index contributed by atoms with van der Waals surface area (Å²) in [5.74, 6) is -0.277. The summed E-state index contributed by atoms with van der Waals surface area (Å²) in [6.45, 7) is 0. The molecule has 2 rings (SSSR count). The molecule has 1 aromatic rings. The van der Waals surface area contributed by atoms with Crippen molar-refractivity contribution in [2.75, 3.05) is 7.11 Å². The van der Waals surface area contributed by atoms with E-state index >= 15 is 0 Å². The van der Waals surface area contributed by atoms with Gasteiger partial charge in [0.1, 0.15) is 6.10 Å². The third kappa shape index (κ3) is 6.22. The molecule has 0 aliphatic carbocycles. The van der Waals surface area contributed by atoms with Gasteiger partial charge in [-0.2, -0.15) is 13.2 Å². The minimum Gasteiger partial charge on any atom is -0.448 e. The first-order chi connectivity index (χ1) is 11.7. The van der Waals surface area contributed by atoms with Crippen LogP contribution in [-0.2, 0) is 10.9 Å². The highest BCUT2D eigenvalue weighted by Gasteiger charge is 2.32. The largest absolute Gasteiger partial charge is 0.448 e. The fourth-order valence-electron chi connectivity index (χ4n) is 2.16. The fraction of sp³-hybridized carbons (Fsp3) is 0.533. The zero-order valence-electron chi connectivity index (χ0n) is 13.1. The van der Waals surface area contributed by atoms with Crippen LogP contribution in [0, 0.1) is 0 Å². The standard InChI is InChI=1S/C14H14F5NO3.CH4O/c15-12(16)10(21)5-9-6-11(22)23-13(20-9)7-2-1-3-8(4-7)14(17,18)19;1-2/h1-4,9-12,21-22H,5-6H2;2H,1H3. The van der Waals surface area contributed by atoms with E-state index in [0.717, 1.165) is 25.3 Å². The van der Waals surface area contributed by atoms with Crippen molar-refractivity contribution in [3.63, 3.8) is 0 Å². The molecule has 0 saturated heterocycles. The van der Waals surface area contributed by atoms with Gasteiger partial charge in [0.25, 0.3) is 6.43 Å². The summed E-state index contributed by atoms with van der Waals surface area (Å²) in [7, 11) is 1.00. The van der Waals surface area contributed by atoms with Gasteiger partial charge in [-0.25, -0.2) is 13.8 Å². The van der Waals surface area contributed by atoms with Gasteiger partial charge in [-0.3, -0.25) is 0 Å². The first-order valence-corrected chi connectivity index (χ1v) is 7.18. The fourth-order valence-corrected chi connectivity index (χ4v) is 2.16. The van der Waals surface area contributed by atoms with E-state index in [1.165, 1.54) is 6.07 Å². The van der Waals surface area contributed by atoms with E-state index in [-0.39, 0.29) is 17.9 Å². The first kappa shape index (κ1) is 21.3. The van der Waals surface area contributed by atoms with Crippen molar-refractivity contribution in [1.82, 2.24) is 0 Å². The van der Waals surface area contributed by atoms with Crippen molar-refractivity contribution in [3.05, 3.63) is 35.4 Å². The summed E-state index contributed by atoms with van der Waals surface area (Å²) in [6, 6.07) is 3.21. The summed E-state index contributed by atoms with van der Waals surface area (Å²) in [5, 5.41) is 25.8. The summed E-state index contributed by atoms with van der Waals surface area (Å²) in [6.07, 6.45) is -11.4. The summed E-state index contributed by atoms with van der Waals surface area (Å²) in [5.41, 5.74) is -0.958. The van der Waals surface area contributed by atoms with Crippen molar-refractivity contribution in [2.45, 2.75) is 43.9 Å². The zero-order chi connectivity index (χ0) is 19.2. The Kier molecular flexibility index (Phi) is 7.71. The maximum atomic E-state index is 12.7. The number of ether oxygens (including phenoxy) is 1. The molecule has 142 valence electrons. The number of rotatable bonds is 4. The molecule has 0 aromatic heterocycles. The number of nitrogens with zero attached hydrogens (tertiary/aromatic N) is 1. The van der Waals surface area contributed by atoms with E-state index in [1.807, 2.05) is 0 Å². The molecular formula is C15H18F5NO4. The van der Waals surface area contributed by atoms with E-state index in [4.69, 9.17) is 9.84 Å². The van der Waals surface area contributed by atoms with E-state index in [9.17, 15) is 32.2 Å². The van der Waals surface area contributed by atoms with Crippen molar-refractivity contribution in [3.8, 4) is 0 Å². The number of aliphatic imine (C=N–C) groups is 1. The molecule has 3 N–H and O–H groups in total. The van der Waals surface area contributed by atoms with Gasteiger partial charge in [-0.1, -0.05) is 6.07 Å². The number of benzene rings is 1. The zero-order valence-corrected chi connectivity index (χ0v) is 13.1. The Bertz CT molecular complexity index is 579. The molecule has 1 aliphatic rings. The van der Waals surface area contributed by atoms with Crippen LogP contribution < -0.4 is 0 Å². The van der Waals surface area contributed by atoms with Gasteiger partial charge in [0.2, 0.25) is 12.2 Å². The van der Waals surface area contributed by atoms with Gasteiger partial charge < -0.3 is 20.1 Å². The molecular weight excluding hydrogens is 353 g/mol. The molecule has 1 aliphatic heterocycles. The van der Waals surface area contributed by atoms with Gasteiger partial charge in [0.15, 0.2) is 0 Å². The Hall–Kier alpha value is -1.78. The Morgan fingerprint density at radius 3 is 2.48 bits per heavy atom. The number of aliphatic hydroxyl groups is 3. The molecule has 1 heterocycles.